The van der Waals surface area contributed by atoms with Crippen molar-refractivity contribution < 1.29 is 17.6 Å². The van der Waals surface area contributed by atoms with E-state index in [9.17, 15) is 13.2 Å². The first kappa shape index (κ1) is 15.3. The number of rotatable bonds is 3. The first-order valence-corrected chi connectivity index (χ1v) is 8.34. The van der Waals surface area contributed by atoms with Gasteiger partial charge in [-0.1, -0.05) is 11.6 Å². The molecule has 0 spiro atoms. The lowest BCUT2D eigenvalue weighted by molar-refractivity contribution is 0.414. The molecule has 0 saturated carbocycles. The second-order valence-electron chi connectivity index (χ2n) is 5.12. The topological polar surface area (TPSA) is 73.6 Å². The van der Waals surface area contributed by atoms with Crippen LogP contribution in [0.2, 0.25) is 0 Å². The molecule has 6 heteroatoms. The molecule has 1 heterocycles. The Morgan fingerprint density at radius 2 is 1.70 bits per heavy atom. The molecule has 118 valence electrons. The molecule has 0 radical (unpaired) electrons. The Balaban J connectivity index is 2.20. The van der Waals surface area contributed by atoms with E-state index in [1.54, 1.807) is 18.2 Å². The van der Waals surface area contributed by atoms with Crippen LogP contribution >= 0.6 is 0 Å². The maximum Gasteiger partial charge on any atom is 0.355 e. The monoisotopic (exact) mass is 330 g/mol. The maximum absolute atomic E-state index is 12.7. The molecule has 2 aromatic carbocycles. The van der Waals surface area contributed by atoms with Gasteiger partial charge in [-0.3, -0.25) is 0 Å². The van der Waals surface area contributed by atoms with Crippen LogP contribution in [0.15, 0.2) is 67.5 Å². The van der Waals surface area contributed by atoms with E-state index in [0.29, 0.717) is 16.7 Å². The molecule has 1 aromatic heterocycles. The third kappa shape index (κ3) is 2.73. The number of aryl methyl sites for hydroxylation is 1. The number of hydrogen-bond donors (Lipinski definition) is 0. The van der Waals surface area contributed by atoms with Gasteiger partial charge in [0.2, 0.25) is 9.84 Å². The van der Waals surface area contributed by atoms with Gasteiger partial charge in [0.15, 0.2) is 4.90 Å². The summed E-state index contributed by atoms with van der Waals surface area (Å²) in [4.78, 5) is 11.7. The van der Waals surface area contributed by atoms with E-state index in [0.717, 1.165) is 5.56 Å². The molecule has 0 aliphatic heterocycles. The summed E-state index contributed by atoms with van der Waals surface area (Å²) in [6.07, 6.45) is 0. The van der Waals surface area contributed by atoms with Gasteiger partial charge in [0.25, 0.3) is 0 Å². The number of hydrogen-bond acceptors (Lipinski definition) is 5. The Kier molecular flexibility index (Phi) is 3.69. The molecule has 0 aliphatic carbocycles. The lowest BCUT2D eigenvalue weighted by Crippen LogP contribution is -2.14. The lowest BCUT2D eigenvalue weighted by atomic mass is 10.2. The predicted octanol–water partition coefficient (Wildman–Crippen LogP) is 2.94. The van der Waals surface area contributed by atoms with Gasteiger partial charge in [0, 0.05) is 5.39 Å². The highest BCUT2D eigenvalue weighted by Gasteiger charge is 2.23. The van der Waals surface area contributed by atoms with Gasteiger partial charge in [-0.2, -0.15) is 0 Å². The van der Waals surface area contributed by atoms with E-state index in [2.05, 4.69) is 0 Å². The van der Waals surface area contributed by atoms with Crippen LogP contribution in [0.5, 0.6) is 5.75 Å². The van der Waals surface area contributed by atoms with Gasteiger partial charge in [0.05, 0.1) is 12.0 Å². The highest BCUT2D eigenvalue weighted by atomic mass is 32.2. The van der Waals surface area contributed by atoms with Crippen molar-refractivity contribution in [2.45, 2.75) is 16.7 Å². The van der Waals surface area contributed by atoms with E-state index < -0.39 is 15.5 Å². The molecular formula is C17H14O5S. The van der Waals surface area contributed by atoms with E-state index in [4.69, 9.17) is 9.15 Å². The molecule has 3 rings (SSSR count). The van der Waals surface area contributed by atoms with Gasteiger partial charge in [-0.05, 0) is 49.4 Å². The third-order valence-electron chi connectivity index (χ3n) is 3.51. The molecule has 0 atom stereocenters. The van der Waals surface area contributed by atoms with Crippen LogP contribution in [0, 0.1) is 6.92 Å². The zero-order chi connectivity index (χ0) is 16.6. The minimum Gasteiger partial charge on any atom is -0.497 e. The normalized spacial score (nSPS) is 11.6. The predicted molar refractivity (Wildman–Crippen MR) is 85.7 cm³/mol. The summed E-state index contributed by atoms with van der Waals surface area (Å²) in [5.74, 6) is 0.533. The Hall–Kier alpha value is -2.60. The minimum absolute atomic E-state index is 0.0117. The molecule has 0 N–H and O–H groups in total. The average molecular weight is 330 g/mol. The van der Waals surface area contributed by atoms with Crippen molar-refractivity contribution in [2.75, 3.05) is 7.11 Å². The molecule has 3 aromatic rings. The van der Waals surface area contributed by atoms with Crippen molar-refractivity contribution in [1.29, 1.82) is 0 Å². The molecule has 0 bridgehead atoms. The van der Waals surface area contributed by atoms with Crippen LogP contribution in [-0.2, 0) is 9.84 Å². The Labute approximate surface area is 133 Å². The van der Waals surface area contributed by atoms with Crippen molar-refractivity contribution in [1.82, 2.24) is 0 Å². The van der Waals surface area contributed by atoms with Crippen molar-refractivity contribution in [3.8, 4) is 5.75 Å². The first-order valence-electron chi connectivity index (χ1n) is 6.85. The first-order chi connectivity index (χ1) is 10.9. The maximum atomic E-state index is 12.7. The Morgan fingerprint density at radius 3 is 2.35 bits per heavy atom. The van der Waals surface area contributed by atoms with Crippen molar-refractivity contribution in [3.63, 3.8) is 0 Å². The number of fused-ring (bicyclic) bond motifs is 1. The largest absolute Gasteiger partial charge is 0.497 e. The van der Waals surface area contributed by atoms with Gasteiger partial charge in [-0.25, -0.2) is 13.2 Å². The van der Waals surface area contributed by atoms with Crippen LogP contribution in [0.25, 0.3) is 11.0 Å². The van der Waals surface area contributed by atoms with Crippen LogP contribution in [0.4, 0.5) is 0 Å². The molecule has 0 aliphatic rings. The molecule has 0 unspecified atom stereocenters. The third-order valence-corrected chi connectivity index (χ3v) is 5.27. The van der Waals surface area contributed by atoms with E-state index >= 15 is 0 Å². The highest BCUT2D eigenvalue weighted by Crippen LogP contribution is 2.24. The molecule has 23 heavy (non-hydrogen) atoms. The molecular weight excluding hydrogens is 316 g/mol. The van der Waals surface area contributed by atoms with Gasteiger partial charge >= 0.3 is 5.63 Å². The number of methoxy groups -OCH3 is 1. The highest BCUT2D eigenvalue weighted by molar-refractivity contribution is 7.91. The van der Waals surface area contributed by atoms with E-state index in [1.165, 1.54) is 37.4 Å². The summed E-state index contributed by atoms with van der Waals surface area (Å²) >= 11 is 0. The van der Waals surface area contributed by atoms with Crippen molar-refractivity contribution in [3.05, 3.63) is 64.5 Å². The van der Waals surface area contributed by atoms with Gasteiger partial charge < -0.3 is 9.15 Å². The molecule has 5 nitrogen and oxygen atoms in total. The fourth-order valence-electron chi connectivity index (χ4n) is 2.29. The summed E-state index contributed by atoms with van der Waals surface area (Å²) in [5, 5.41) is 0.566. The SMILES string of the molecule is COc1ccc(S(=O)(=O)c2cc3cc(C)ccc3oc2=O)cc1. The van der Waals surface area contributed by atoms with Crippen LogP contribution in [-0.4, -0.2) is 15.5 Å². The smallest absolute Gasteiger partial charge is 0.355 e. The summed E-state index contributed by atoms with van der Waals surface area (Å²) in [5.41, 5.74) is 0.422. The Bertz CT molecular complexity index is 1030. The summed E-state index contributed by atoms with van der Waals surface area (Å²) in [7, 11) is -2.47. The quantitative estimate of drug-likeness (QED) is 0.690. The molecule has 0 saturated heterocycles. The molecule has 0 fully saturated rings. The van der Waals surface area contributed by atoms with Gasteiger partial charge in [-0.15, -0.1) is 0 Å². The van der Waals surface area contributed by atoms with Crippen LogP contribution in [0.1, 0.15) is 5.56 Å². The van der Waals surface area contributed by atoms with Crippen molar-refractivity contribution in [2.24, 2.45) is 0 Å². The van der Waals surface area contributed by atoms with Crippen LogP contribution < -0.4 is 10.4 Å². The average Bonchev–Trinajstić information content (AvgIpc) is 2.54. The second-order valence-corrected chi connectivity index (χ2v) is 7.04. The fraction of sp³-hybridized carbons (Fsp3) is 0.118. The van der Waals surface area contributed by atoms with Gasteiger partial charge in [0.1, 0.15) is 11.3 Å². The fourth-order valence-corrected chi connectivity index (χ4v) is 3.58. The minimum atomic E-state index is -3.96. The zero-order valence-corrected chi connectivity index (χ0v) is 13.4. The van der Waals surface area contributed by atoms with E-state index in [1.807, 2.05) is 6.92 Å². The molecule has 0 amide bonds. The summed E-state index contributed by atoms with van der Waals surface area (Å²) in [6, 6.07) is 12.4. The van der Waals surface area contributed by atoms with Crippen LogP contribution in [0.3, 0.4) is 0 Å². The zero-order valence-electron chi connectivity index (χ0n) is 12.6. The second kappa shape index (κ2) is 5.55. The van der Waals surface area contributed by atoms with Crippen molar-refractivity contribution >= 4 is 20.8 Å². The van der Waals surface area contributed by atoms with E-state index in [-0.39, 0.29) is 9.79 Å². The summed E-state index contributed by atoms with van der Waals surface area (Å²) in [6.45, 7) is 1.88. The number of sulfone groups is 1. The lowest BCUT2D eigenvalue weighted by Gasteiger charge is -2.06. The summed E-state index contributed by atoms with van der Waals surface area (Å²) < 4.78 is 35.5. The number of ether oxygens (including phenoxy) is 1. The standard InChI is InChI=1S/C17H14O5S/c1-11-3-8-15-12(9-11)10-16(17(18)22-15)23(19,20)14-6-4-13(21-2)5-7-14/h3-10H,1-2H3. The Morgan fingerprint density at radius 1 is 1.00 bits per heavy atom. The number of benzene rings is 2.